The maximum Gasteiger partial charge on any atom is 0.337 e. The van der Waals surface area contributed by atoms with E-state index in [4.69, 9.17) is 5.11 Å². The van der Waals surface area contributed by atoms with Gasteiger partial charge in [0.05, 0.1) is 17.4 Å². The molecule has 0 bridgehead atoms. The lowest BCUT2D eigenvalue weighted by atomic mass is 10.2. The van der Waals surface area contributed by atoms with E-state index in [2.05, 4.69) is 15.6 Å². The minimum Gasteiger partial charge on any atom is -0.478 e. The molecule has 1 atom stereocenters. The Kier molecular flexibility index (Phi) is 3.83. The average molecular weight is 292 g/mol. The van der Waals surface area contributed by atoms with E-state index < -0.39 is 29.9 Å². The highest BCUT2D eigenvalue weighted by Crippen LogP contribution is 2.12. The molecule has 0 radical (unpaired) electrons. The van der Waals surface area contributed by atoms with Gasteiger partial charge in [-0.2, -0.15) is 0 Å². The van der Waals surface area contributed by atoms with Gasteiger partial charge in [0.25, 0.3) is 0 Å². The van der Waals surface area contributed by atoms with Gasteiger partial charge in [0, 0.05) is 6.20 Å². The molecule has 0 aliphatic carbocycles. The lowest BCUT2D eigenvalue weighted by Gasteiger charge is -2.31. The predicted molar refractivity (Wildman–Crippen MR) is 69.5 cm³/mol. The minimum absolute atomic E-state index is 0.0895. The number of nitrogens with zero attached hydrogens (tertiary/aromatic N) is 2. The van der Waals surface area contributed by atoms with Gasteiger partial charge in [0.2, 0.25) is 11.8 Å². The van der Waals surface area contributed by atoms with Gasteiger partial charge in [-0.3, -0.25) is 19.9 Å². The zero-order chi connectivity index (χ0) is 15.6. The summed E-state index contributed by atoms with van der Waals surface area (Å²) < 4.78 is 0. The number of carbonyl (C=O) groups is 4. The second-order valence-electron chi connectivity index (χ2n) is 4.41. The fourth-order valence-electron chi connectivity index (χ4n) is 1.78. The largest absolute Gasteiger partial charge is 0.478 e. The molecule has 0 aromatic carbocycles. The van der Waals surface area contributed by atoms with Crippen molar-refractivity contribution in [3.8, 4) is 0 Å². The Labute approximate surface area is 118 Å². The van der Waals surface area contributed by atoms with Crippen LogP contribution < -0.4 is 10.6 Å². The molecule has 3 N–H and O–H groups in total. The molecule has 1 aliphatic heterocycles. The molecule has 4 amide bonds. The highest BCUT2D eigenvalue weighted by atomic mass is 16.4. The Morgan fingerprint density at radius 3 is 2.81 bits per heavy atom. The van der Waals surface area contributed by atoms with Crippen molar-refractivity contribution < 1.29 is 24.3 Å². The van der Waals surface area contributed by atoms with E-state index in [0.29, 0.717) is 0 Å². The summed E-state index contributed by atoms with van der Waals surface area (Å²) in [4.78, 5) is 50.4. The molecular weight excluding hydrogens is 280 g/mol. The summed E-state index contributed by atoms with van der Waals surface area (Å²) in [6.45, 7) is 1.22. The number of rotatable bonds is 2. The number of aromatic carboxylic acids is 1. The summed E-state index contributed by atoms with van der Waals surface area (Å²) in [5, 5.41) is 13.4. The third-order valence-corrected chi connectivity index (χ3v) is 2.92. The van der Waals surface area contributed by atoms with Crippen molar-refractivity contribution in [2.24, 2.45) is 0 Å². The van der Waals surface area contributed by atoms with Crippen LogP contribution in [0.3, 0.4) is 0 Å². The average Bonchev–Trinajstić information content (AvgIpc) is 2.43. The lowest BCUT2D eigenvalue weighted by Crippen LogP contribution is -2.59. The van der Waals surface area contributed by atoms with Gasteiger partial charge in [0.15, 0.2) is 0 Å². The van der Waals surface area contributed by atoms with E-state index in [0.717, 1.165) is 11.1 Å². The number of urea groups is 1. The number of nitrogens with one attached hydrogen (secondary N) is 2. The first-order valence-electron chi connectivity index (χ1n) is 5.98. The normalized spacial score (nSPS) is 18.1. The van der Waals surface area contributed by atoms with E-state index in [1.807, 2.05) is 0 Å². The van der Waals surface area contributed by atoms with Crippen molar-refractivity contribution in [3.05, 3.63) is 24.0 Å². The zero-order valence-electron chi connectivity index (χ0n) is 11.0. The molecule has 2 heterocycles. The minimum atomic E-state index is -1.18. The summed E-state index contributed by atoms with van der Waals surface area (Å²) in [6.07, 6.45) is 2.40. The van der Waals surface area contributed by atoms with Crippen LogP contribution in [0.5, 0.6) is 0 Å². The summed E-state index contributed by atoms with van der Waals surface area (Å²) in [6, 6.07) is -0.266. The molecule has 1 aromatic rings. The maximum atomic E-state index is 12.1. The standard InChI is InChI=1S/C12H12N4O5/c1-6-10(18)15-9(17)5-16(6)12(21)14-8-2-7(11(19)20)3-13-4-8/h2-4,6H,5H2,1H3,(H,14,21)(H,19,20)(H,15,17,18). The van der Waals surface area contributed by atoms with Crippen molar-refractivity contribution in [2.45, 2.75) is 13.0 Å². The molecule has 0 spiro atoms. The molecule has 21 heavy (non-hydrogen) atoms. The number of carboxylic acid groups (broad SMARTS) is 1. The Bertz CT molecular complexity index is 630. The van der Waals surface area contributed by atoms with Crippen LogP contribution >= 0.6 is 0 Å². The van der Waals surface area contributed by atoms with Gasteiger partial charge in [-0.15, -0.1) is 0 Å². The highest BCUT2D eigenvalue weighted by Gasteiger charge is 2.33. The Morgan fingerprint density at radius 1 is 1.43 bits per heavy atom. The van der Waals surface area contributed by atoms with Gasteiger partial charge in [-0.1, -0.05) is 0 Å². The lowest BCUT2D eigenvalue weighted by molar-refractivity contribution is -0.137. The number of anilines is 1. The summed E-state index contributed by atoms with van der Waals surface area (Å²) in [7, 11) is 0. The summed E-state index contributed by atoms with van der Waals surface area (Å²) >= 11 is 0. The molecule has 1 aromatic heterocycles. The quantitative estimate of drug-likeness (QED) is 0.639. The fraction of sp³-hybridized carbons (Fsp3) is 0.250. The SMILES string of the molecule is CC1C(=O)NC(=O)CN1C(=O)Nc1cncc(C(=O)O)c1. The number of amides is 4. The Morgan fingerprint density at radius 2 is 2.14 bits per heavy atom. The van der Waals surface area contributed by atoms with Gasteiger partial charge < -0.3 is 15.3 Å². The molecule has 9 nitrogen and oxygen atoms in total. The molecule has 1 aliphatic rings. The zero-order valence-corrected chi connectivity index (χ0v) is 11.0. The molecule has 2 rings (SSSR count). The monoisotopic (exact) mass is 292 g/mol. The Balaban J connectivity index is 2.14. The summed E-state index contributed by atoms with van der Waals surface area (Å²) in [5.41, 5.74) is 0.0684. The van der Waals surface area contributed by atoms with E-state index >= 15 is 0 Å². The number of imide groups is 1. The van der Waals surface area contributed by atoms with Crippen molar-refractivity contribution >= 4 is 29.5 Å². The van der Waals surface area contributed by atoms with Gasteiger partial charge in [-0.05, 0) is 13.0 Å². The van der Waals surface area contributed by atoms with Crippen LogP contribution in [-0.2, 0) is 9.59 Å². The van der Waals surface area contributed by atoms with E-state index in [9.17, 15) is 19.2 Å². The van der Waals surface area contributed by atoms with Crippen LogP contribution in [0.2, 0.25) is 0 Å². The highest BCUT2D eigenvalue weighted by molar-refractivity contribution is 6.05. The third-order valence-electron chi connectivity index (χ3n) is 2.92. The first-order chi connectivity index (χ1) is 9.88. The number of pyridine rings is 1. The first kappa shape index (κ1) is 14.4. The smallest absolute Gasteiger partial charge is 0.337 e. The fourth-order valence-corrected chi connectivity index (χ4v) is 1.78. The number of carbonyl (C=O) groups excluding carboxylic acids is 3. The van der Waals surface area contributed by atoms with Gasteiger partial charge in [-0.25, -0.2) is 9.59 Å². The van der Waals surface area contributed by atoms with Crippen LogP contribution in [0.25, 0.3) is 0 Å². The number of piperazine rings is 1. The first-order valence-corrected chi connectivity index (χ1v) is 5.98. The van der Waals surface area contributed by atoms with Crippen molar-refractivity contribution in [3.63, 3.8) is 0 Å². The van der Waals surface area contributed by atoms with E-state index in [1.54, 1.807) is 0 Å². The molecular formula is C12H12N4O5. The van der Waals surface area contributed by atoms with Crippen LogP contribution in [0.4, 0.5) is 10.5 Å². The van der Waals surface area contributed by atoms with Crippen LogP contribution in [0.15, 0.2) is 18.5 Å². The second-order valence-corrected chi connectivity index (χ2v) is 4.41. The Hall–Kier alpha value is -2.97. The predicted octanol–water partition coefficient (Wildman–Crippen LogP) is -0.341. The topological polar surface area (TPSA) is 129 Å². The molecule has 1 saturated heterocycles. The van der Waals surface area contributed by atoms with E-state index in [-0.39, 0.29) is 17.8 Å². The number of hydrogen-bond donors (Lipinski definition) is 3. The van der Waals surface area contributed by atoms with Crippen LogP contribution in [0.1, 0.15) is 17.3 Å². The second kappa shape index (κ2) is 5.57. The summed E-state index contributed by atoms with van der Waals surface area (Å²) in [5.74, 6) is -2.33. The third kappa shape index (κ3) is 3.14. The molecule has 1 fully saturated rings. The van der Waals surface area contributed by atoms with Crippen molar-refractivity contribution in [1.82, 2.24) is 15.2 Å². The maximum absolute atomic E-state index is 12.1. The van der Waals surface area contributed by atoms with Gasteiger partial charge >= 0.3 is 12.0 Å². The van der Waals surface area contributed by atoms with Gasteiger partial charge in [0.1, 0.15) is 12.6 Å². The van der Waals surface area contributed by atoms with Crippen molar-refractivity contribution in [2.75, 3.05) is 11.9 Å². The number of hydrogen-bond acceptors (Lipinski definition) is 5. The molecule has 1 unspecified atom stereocenters. The van der Waals surface area contributed by atoms with E-state index in [1.165, 1.54) is 19.2 Å². The van der Waals surface area contributed by atoms with Crippen LogP contribution in [-0.4, -0.2) is 51.4 Å². The van der Waals surface area contributed by atoms with Crippen LogP contribution in [0, 0.1) is 0 Å². The number of aromatic nitrogens is 1. The van der Waals surface area contributed by atoms with Crippen molar-refractivity contribution in [1.29, 1.82) is 0 Å². The molecule has 9 heteroatoms. The number of carboxylic acids is 1. The molecule has 0 saturated carbocycles. The molecule has 110 valence electrons.